The molecule has 21 heavy (non-hydrogen) atoms. The van der Waals surface area contributed by atoms with Crippen LogP contribution in [0.25, 0.3) is 0 Å². The molecule has 0 aliphatic rings. The van der Waals surface area contributed by atoms with Gasteiger partial charge in [0.2, 0.25) is 0 Å². The molecule has 0 bridgehead atoms. The fraction of sp³-hybridized carbons (Fsp3) is 0.294. The van der Waals surface area contributed by atoms with Crippen molar-refractivity contribution < 1.29 is 4.74 Å². The van der Waals surface area contributed by atoms with Gasteiger partial charge in [0, 0.05) is 22.1 Å². The molecule has 112 valence electrons. The first-order valence-corrected chi connectivity index (χ1v) is 8.39. The molecule has 1 N–H and O–H groups in total. The topological polar surface area (TPSA) is 21.3 Å². The van der Waals surface area contributed by atoms with Crippen molar-refractivity contribution in [3.05, 3.63) is 57.0 Å². The molecule has 0 aliphatic carbocycles. The van der Waals surface area contributed by atoms with Crippen molar-refractivity contribution in [1.29, 1.82) is 0 Å². The Kier molecular flexibility index (Phi) is 5.47. The molecule has 0 saturated heterocycles. The average Bonchev–Trinajstić information content (AvgIpc) is 2.40. The molecule has 2 aromatic rings. The zero-order valence-corrected chi connectivity index (χ0v) is 15.6. The summed E-state index contributed by atoms with van der Waals surface area (Å²) in [6, 6.07) is 13.9. The van der Waals surface area contributed by atoms with E-state index in [1.54, 1.807) is 0 Å². The Labute approximate surface area is 143 Å². The number of halogens is 2. The summed E-state index contributed by atoms with van der Waals surface area (Å²) in [7, 11) is 0. The van der Waals surface area contributed by atoms with Gasteiger partial charge in [0.05, 0.1) is 4.47 Å². The maximum Gasteiger partial charge on any atom is 0.141 e. The SMILES string of the molecule is CC(C)(C)NCc1cc(Br)ccc1Oc1ccccc1Br. The monoisotopic (exact) mass is 411 g/mol. The molecule has 0 saturated carbocycles. The normalized spacial score (nSPS) is 11.5. The van der Waals surface area contributed by atoms with Crippen LogP contribution in [0.4, 0.5) is 0 Å². The van der Waals surface area contributed by atoms with Gasteiger partial charge in [-0.05, 0) is 67.0 Å². The summed E-state index contributed by atoms with van der Waals surface area (Å²) < 4.78 is 8.05. The Morgan fingerprint density at radius 3 is 2.38 bits per heavy atom. The number of ether oxygens (including phenoxy) is 1. The minimum atomic E-state index is 0.0624. The molecule has 2 aromatic carbocycles. The van der Waals surface area contributed by atoms with Crippen molar-refractivity contribution >= 4 is 31.9 Å². The maximum atomic E-state index is 6.05. The second-order valence-corrected chi connectivity index (χ2v) is 7.66. The highest BCUT2D eigenvalue weighted by atomic mass is 79.9. The fourth-order valence-electron chi connectivity index (χ4n) is 1.79. The Bertz CT molecular complexity index is 620. The fourth-order valence-corrected chi connectivity index (χ4v) is 2.57. The Balaban J connectivity index is 2.25. The second-order valence-electron chi connectivity index (χ2n) is 5.89. The largest absolute Gasteiger partial charge is 0.456 e. The van der Waals surface area contributed by atoms with Crippen LogP contribution in [-0.2, 0) is 6.54 Å². The molecular formula is C17H19Br2NO. The minimum Gasteiger partial charge on any atom is -0.456 e. The molecule has 0 radical (unpaired) electrons. The third-order valence-corrected chi connectivity index (χ3v) is 4.04. The lowest BCUT2D eigenvalue weighted by Gasteiger charge is -2.22. The molecule has 2 rings (SSSR count). The number of hydrogen-bond donors (Lipinski definition) is 1. The van der Waals surface area contributed by atoms with Gasteiger partial charge in [0.15, 0.2) is 0 Å². The quantitative estimate of drug-likeness (QED) is 0.675. The van der Waals surface area contributed by atoms with Crippen LogP contribution in [-0.4, -0.2) is 5.54 Å². The predicted molar refractivity (Wildman–Crippen MR) is 95.0 cm³/mol. The van der Waals surface area contributed by atoms with Crippen LogP contribution >= 0.6 is 31.9 Å². The van der Waals surface area contributed by atoms with E-state index < -0.39 is 0 Å². The van der Waals surface area contributed by atoms with E-state index in [0.29, 0.717) is 0 Å². The predicted octanol–water partition coefficient (Wildman–Crippen LogP) is 5.89. The number of benzene rings is 2. The van der Waals surface area contributed by atoms with Crippen LogP contribution in [0.15, 0.2) is 51.4 Å². The smallest absolute Gasteiger partial charge is 0.141 e. The number of para-hydroxylation sites is 1. The number of nitrogens with one attached hydrogen (secondary N) is 1. The van der Waals surface area contributed by atoms with E-state index in [1.807, 2.05) is 36.4 Å². The number of rotatable bonds is 4. The van der Waals surface area contributed by atoms with Crippen LogP contribution in [0.2, 0.25) is 0 Å². The first kappa shape index (κ1) is 16.5. The van der Waals surface area contributed by atoms with E-state index >= 15 is 0 Å². The Morgan fingerprint density at radius 2 is 1.71 bits per heavy atom. The molecule has 4 heteroatoms. The molecule has 0 atom stereocenters. The average molecular weight is 413 g/mol. The van der Waals surface area contributed by atoms with Gasteiger partial charge in [-0.25, -0.2) is 0 Å². The summed E-state index contributed by atoms with van der Waals surface area (Å²) in [5.41, 5.74) is 1.18. The summed E-state index contributed by atoms with van der Waals surface area (Å²) in [4.78, 5) is 0. The van der Waals surface area contributed by atoms with Gasteiger partial charge >= 0.3 is 0 Å². The summed E-state index contributed by atoms with van der Waals surface area (Å²) >= 11 is 7.04. The summed E-state index contributed by atoms with van der Waals surface area (Å²) in [6.45, 7) is 7.21. The zero-order valence-electron chi connectivity index (χ0n) is 12.4. The van der Waals surface area contributed by atoms with E-state index in [9.17, 15) is 0 Å². The van der Waals surface area contributed by atoms with Crippen LogP contribution in [0, 0.1) is 0 Å². The Hall–Kier alpha value is -0.840. The van der Waals surface area contributed by atoms with E-state index in [-0.39, 0.29) is 5.54 Å². The molecule has 0 heterocycles. The van der Waals surface area contributed by atoms with Crippen molar-refractivity contribution in [3.63, 3.8) is 0 Å². The maximum absolute atomic E-state index is 6.05. The molecule has 0 fully saturated rings. The molecule has 0 aromatic heterocycles. The molecule has 0 unspecified atom stereocenters. The van der Waals surface area contributed by atoms with Gasteiger partial charge in [0.25, 0.3) is 0 Å². The van der Waals surface area contributed by atoms with E-state index in [0.717, 1.165) is 32.6 Å². The van der Waals surface area contributed by atoms with Gasteiger partial charge in [-0.2, -0.15) is 0 Å². The Morgan fingerprint density at radius 1 is 1.00 bits per heavy atom. The van der Waals surface area contributed by atoms with Crippen molar-refractivity contribution in [2.45, 2.75) is 32.9 Å². The lowest BCUT2D eigenvalue weighted by Crippen LogP contribution is -2.35. The number of hydrogen-bond acceptors (Lipinski definition) is 2. The second kappa shape index (κ2) is 6.95. The van der Waals surface area contributed by atoms with E-state index in [2.05, 4.69) is 64.0 Å². The van der Waals surface area contributed by atoms with Crippen LogP contribution in [0.1, 0.15) is 26.3 Å². The first-order chi connectivity index (χ1) is 9.85. The first-order valence-electron chi connectivity index (χ1n) is 6.81. The van der Waals surface area contributed by atoms with Crippen LogP contribution in [0.5, 0.6) is 11.5 Å². The standard InChI is InChI=1S/C17H19Br2NO/c1-17(2,3)20-11-12-10-13(18)8-9-15(12)21-16-7-5-4-6-14(16)19/h4-10,20H,11H2,1-3H3. The highest BCUT2D eigenvalue weighted by Crippen LogP contribution is 2.32. The highest BCUT2D eigenvalue weighted by Gasteiger charge is 2.12. The van der Waals surface area contributed by atoms with Crippen molar-refractivity contribution in [2.75, 3.05) is 0 Å². The third-order valence-electron chi connectivity index (χ3n) is 2.89. The van der Waals surface area contributed by atoms with Gasteiger partial charge in [-0.1, -0.05) is 28.1 Å². The van der Waals surface area contributed by atoms with Crippen LogP contribution < -0.4 is 10.1 Å². The van der Waals surface area contributed by atoms with E-state index in [4.69, 9.17) is 4.74 Å². The third kappa shape index (κ3) is 5.13. The summed E-state index contributed by atoms with van der Waals surface area (Å²) in [6.07, 6.45) is 0. The zero-order chi connectivity index (χ0) is 15.5. The van der Waals surface area contributed by atoms with E-state index in [1.165, 1.54) is 0 Å². The molecule has 0 aliphatic heterocycles. The molecule has 0 amide bonds. The molecule has 2 nitrogen and oxygen atoms in total. The minimum absolute atomic E-state index is 0.0624. The molecule has 0 spiro atoms. The van der Waals surface area contributed by atoms with Crippen LogP contribution in [0.3, 0.4) is 0 Å². The van der Waals surface area contributed by atoms with Gasteiger partial charge in [-0.3, -0.25) is 0 Å². The van der Waals surface area contributed by atoms with Gasteiger partial charge in [-0.15, -0.1) is 0 Å². The summed E-state index contributed by atoms with van der Waals surface area (Å²) in [5.74, 6) is 1.68. The van der Waals surface area contributed by atoms with Crippen molar-refractivity contribution in [3.8, 4) is 11.5 Å². The lowest BCUT2D eigenvalue weighted by atomic mass is 10.1. The van der Waals surface area contributed by atoms with Crippen molar-refractivity contribution in [1.82, 2.24) is 5.32 Å². The molecular weight excluding hydrogens is 394 g/mol. The lowest BCUT2D eigenvalue weighted by molar-refractivity contribution is 0.414. The van der Waals surface area contributed by atoms with Gasteiger partial charge in [0.1, 0.15) is 11.5 Å². The van der Waals surface area contributed by atoms with Crippen molar-refractivity contribution in [2.24, 2.45) is 0 Å². The summed E-state index contributed by atoms with van der Waals surface area (Å²) in [5, 5.41) is 3.49. The highest BCUT2D eigenvalue weighted by molar-refractivity contribution is 9.10. The van der Waals surface area contributed by atoms with Gasteiger partial charge < -0.3 is 10.1 Å².